The fourth-order valence-electron chi connectivity index (χ4n) is 3.50. The fourth-order valence-corrected chi connectivity index (χ4v) is 5.48. The van der Waals surface area contributed by atoms with Crippen molar-refractivity contribution in [2.45, 2.75) is 32.0 Å². The van der Waals surface area contributed by atoms with Crippen molar-refractivity contribution in [3.8, 4) is 0 Å². The van der Waals surface area contributed by atoms with Crippen LogP contribution in [0.5, 0.6) is 0 Å². The van der Waals surface area contributed by atoms with Crippen molar-refractivity contribution < 1.29 is 18.0 Å². The van der Waals surface area contributed by atoms with Gasteiger partial charge in [0.1, 0.15) is 0 Å². The molecule has 2 aliphatic heterocycles. The quantitative estimate of drug-likeness (QED) is 0.654. The lowest BCUT2D eigenvalue weighted by molar-refractivity contribution is -0.135. The average Bonchev–Trinajstić information content (AvgIpc) is 3.15. The van der Waals surface area contributed by atoms with Crippen molar-refractivity contribution in [3.63, 3.8) is 0 Å². The van der Waals surface area contributed by atoms with Crippen LogP contribution in [-0.2, 0) is 21.2 Å². The lowest BCUT2D eigenvalue weighted by Crippen LogP contribution is -2.61. The normalized spacial score (nSPS) is 25.0. The maximum Gasteiger partial charge on any atom is 0.276 e. The highest BCUT2D eigenvalue weighted by Gasteiger charge is 2.49. The summed E-state index contributed by atoms with van der Waals surface area (Å²) in [5.74, 6) is -0.687. The third kappa shape index (κ3) is 3.38. The molecule has 0 aliphatic carbocycles. The highest BCUT2D eigenvalue weighted by Crippen LogP contribution is 2.28. The van der Waals surface area contributed by atoms with Gasteiger partial charge in [-0.1, -0.05) is 12.1 Å². The molecular formula is C14H22N6O4S. The molecule has 0 radical (unpaired) electrons. The molecule has 2 aliphatic rings. The van der Waals surface area contributed by atoms with E-state index < -0.39 is 21.9 Å². The number of amides is 2. The van der Waals surface area contributed by atoms with Gasteiger partial charge < -0.3 is 15.5 Å². The van der Waals surface area contributed by atoms with E-state index in [0.29, 0.717) is 26.1 Å². The molecule has 1 aromatic rings. The van der Waals surface area contributed by atoms with Crippen LogP contribution in [0.2, 0.25) is 0 Å². The maximum atomic E-state index is 12.8. The predicted octanol–water partition coefficient (Wildman–Crippen LogP) is -1.90. The monoisotopic (exact) mass is 370 g/mol. The van der Waals surface area contributed by atoms with Crippen molar-refractivity contribution >= 4 is 21.7 Å². The van der Waals surface area contributed by atoms with Gasteiger partial charge in [-0.3, -0.25) is 14.3 Å². The summed E-state index contributed by atoms with van der Waals surface area (Å²) in [6.45, 7) is 3.17. The first kappa shape index (κ1) is 17.8. The Kier molecular flexibility index (Phi) is 4.78. The molecule has 1 aromatic heterocycles. The van der Waals surface area contributed by atoms with E-state index in [2.05, 4.69) is 10.3 Å². The van der Waals surface area contributed by atoms with Gasteiger partial charge in [-0.25, -0.2) is 8.42 Å². The first-order valence-corrected chi connectivity index (χ1v) is 10.1. The molecule has 25 heavy (non-hydrogen) atoms. The summed E-state index contributed by atoms with van der Waals surface area (Å²) >= 11 is 0. The molecule has 2 amide bonds. The maximum absolute atomic E-state index is 12.8. The summed E-state index contributed by atoms with van der Waals surface area (Å²) in [4.78, 5) is 28.1. The molecule has 0 unspecified atom stereocenters. The highest BCUT2D eigenvalue weighted by molar-refractivity contribution is 7.91. The van der Waals surface area contributed by atoms with Gasteiger partial charge in [0.2, 0.25) is 5.91 Å². The van der Waals surface area contributed by atoms with E-state index in [9.17, 15) is 18.0 Å². The van der Waals surface area contributed by atoms with Crippen LogP contribution in [0.1, 0.15) is 23.8 Å². The van der Waals surface area contributed by atoms with Crippen LogP contribution in [0.25, 0.3) is 0 Å². The summed E-state index contributed by atoms with van der Waals surface area (Å²) in [5, 5.41) is 7.72. The molecule has 0 saturated carbocycles. The van der Waals surface area contributed by atoms with Gasteiger partial charge in [0.25, 0.3) is 5.91 Å². The van der Waals surface area contributed by atoms with Gasteiger partial charge in [-0.2, -0.15) is 0 Å². The minimum atomic E-state index is -3.30. The Bertz CT molecular complexity index is 776. The fraction of sp³-hybridized carbons (Fsp3) is 0.714. The van der Waals surface area contributed by atoms with Crippen LogP contribution < -0.4 is 5.73 Å². The Morgan fingerprint density at radius 3 is 2.52 bits per heavy atom. The van der Waals surface area contributed by atoms with Crippen LogP contribution in [-0.4, -0.2) is 88.2 Å². The second kappa shape index (κ2) is 6.71. The van der Waals surface area contributed by atoms with E-state index in [0.717, 1.165) is 0 Å². The number of nitrogens with two attached hydrogens (primary N) is 1. The van der Waals surface area contributed by atoms with E-state index in [1.165, 1.54) is 15.8 Å². The Balaban J connectivity index is 1.84. The molecule has 0 bridgehead atoms. The third-order valence-corrected chi connectivity index (χ3v) is 6.37. The first-order valence-electron chi connectivity index (χ1n) is 8.27. The number of aromatic nitrogens is 3. The van der Waals surface area contributed by atoms with Crippen LogP contribution in [0.15, 0.2) is 6.20 Å². The molecule has 138 valence electrons. The van der Waals surface area contributed by atoms with Crippen LogP contribution in [0.3, 0.4) is 0 Å². The molecule has 0 spiro atoms. The van der Waals surface area contributed by atoms with Crippen molar-refractivity contribution in [2.24, 2.45) is 5.73 Å². The number of carbonyl (C=O) groups excluding carboxylic acids is 2. The summed E-state index contributed by atoms with van der Waals surface area (Å²) < 4.78 is 25.7. The molecule has 11 heteroatoms. The standard InChI is InChI=1S/C14H22N6O4S/c1-2-13(21)19-5-6-20(12-9-25(23,24)8-11(12)19)14(22)10-7-18(4-3-15)17-16-10/h7,11-12H,2-6,8-9,15H2,1H3/t11-,12+/m1/s1. The average molecular weight is 370 g/mol. The SMILES string of the molecule is CCC(=O)N1CCN(C(=O)c2cn(CCN)nn2)[C@H]2CS(=O)(=O)C[C@H]21. The van der Waals surface area contributed by atoms with E-state index >= 15 is 0 Å². The van der Waals surface area contributed by atoms with E-state index in [1.54, 1.807) is 11.8 Å². The molecule has 0 aromatic carbocycles. The van der Waals surface area contributed by atoms with Gasteiger partial charge in [0.15, 0.2) is 15.5 Å². The Morgan fingerprint density at radius 2 is 1.88 bits per heavy atom. The molecule has 3 rings (SSSR count). The molecule has 2 atom stereocenters. The zero-order valence-corrected chi connectivity index (χ0v) is 14.9. The Labute approximate surface area is 145 Å². The number of piperazine rings is 1. The molecule has 3 heterocycles. The summed E-state index contributed by atoms with van der Waals surface area (Å²) in [5.41, 5.74) is 5.62. The van der Waals surface area contributed by atoms with Gasteiger partial charge in [-0.15, -0.1) is 5.10 Å². The van der Waals surface area contributed by atoms with Crippen LogP contribution in [0, 0.1) is 0 Å². The summed E-state index contributed by atoms with van der Waals surface area (Å²) in [6.07, 6.45) is 1.82. The van der Waals surface area contributed by atoms with Crippen molar-refractivity contribution in [1.82, 2.24) is 24.8 Å². The van der Waals surface area contributed by atoms with E-state index in [4.69, 9.17) is 5.73 Å². The Morgan fingerprint density at radius 1 is 1.24 bits per heavy atom. The van der Waals surface area contributed by atoms with Crippen molar-refractivity contribution in [2.75, 3.05) is 31.1 Å². The molecule has 10 nitrogen and oxygen atoms in total. The molecule has 2 fully saturated rings. The van der Waals surface area contributed by atoms with Gasteiger partial charge >= 0.3 is 0 Å². The smallest absolute Gasteiger partial charge is 0.276 e. The molecular weight excluding hydrogens is 348 g/mol. The molecule has 2 saturated heterocycles. The predicted molar refractivity (Wildman–Crippen MR) is 88.3 cm³/mol. The minimum Gasteiger partial charge on any atom is -0.335 e. The number of sulfone groups is 1. The van der Waals surface area contributed by atoms with Crippen LogP contribution in [0.4, 0.5) is 0 Å². The largest absolute Gasteiger partial charge is 0.335 e. The van der Waals surface area contributed by atoms with Gasteiger partial charge in [0, 0.05) is 26.1 Å². The van der Waals surface area contributed by atoms with Gasteiger partial charge in [0.05, 0.1) is 36.3 Å². The second-order valence-corrected chi connectivity index (χ2v) is 8.46. The van der Waals surface area contributed by atoms with Gasteiger partial charge in [-0.05, 0) is 0 Å². The Hall–Kier alpha value is -2.01. The topological polar surface area (TPSA) is 131 Å². The number of carbonyl (C=O) groups is 2. The lowest BCUT2D eigenvalue weighted by atomic mass is 10.0. The number of nitrogens with zero attached hydrogens (tertiary/aromatic N) is 5. The third-order valence-electron chi connectivity index (χ3n) is 4.68. The second-order valence-electron chi connectivity index (χ2n) is 6.31. The van der Waals surface area contributed by atoms with Crippen molar-refractivity contribution in [3.05, 3.63) is 11.9 Å². The highest BCUT2D eigenvalue weighted by atomic mass is 32.2. The zero-order chi connectivity index (χ0) is 18.2. The number of fused-ring (bicyclic) bond motifs is 1. The van der Waals surface area contributed by atoms with Crippen molar-refractivity contribution in [1.29, 1.82) is 0 Å². The molecule has 2 N–H and O–H groups in total. The number of rotatable bonds is 4. The lowest BCUT2D eigenvalue weighted by Gasteiger charge is -2.43. The summed E-state index contributed by atoms with van der Waals surface area (Å²) in [6, 6.07) is -1.03. The summed E-state index contributed by atoms with van der Waals surface area (Å²) in [7, 11) is -3.30. The number of hydrogen-bond acceptors (Lipinski definition) is 7. The number of hydrogen-bond donors (Lipinski definition) is 1. The van der Waals surface area contributed by atoms with E-state index in [-0.39, 0.29) is 35.6 Å². The zero-order valence-electron chi connectivity index (χ0n) is 14.0. The van der Waals surface area contributed by atoms with Crippen LogP contribution >= 0.6 is 0 Å². The first-order chi connectivity index (χ1) is 11.9. The minimum absolute atomic E-state index is 0.0897. The van der Waals surface area contributed by atoms with E-state index in [1.807, 2.05) is 0 Å².